The highest BCUT2D eigenvalue weighted by atomic mass is 16.5. The number of nitrogens with zero attached hydrogens (tertiary/aromatic N) is 3. The first-order chi connectivity index (χ1) is 7.75. The summed E-state index contributed by atoms with van der Waals surface area (Å²) >= 11 is 0. The average Bonchev–Trinajstić information content (AvgIpc) is 2.46. The summed E-state index contributed by atoms with van der Waals surface area (Å²) in [7, 11) is 1.98. The van der Waals surface area contributed by atoms with Crippen molar-refractivity contribution in [1.29, 1.82) is 0 Å². The number of aromatic nitrogens is 1. The zero-order valence-corrected chi connectivity index (χ0v) is 9.55. The minimum Gasteiger partial charge on any atom is -0.426 e. The Morgan fingerprint density at radius 2 is 2.06 bits per heavy atom. The summed E-state index contributed by atoms with van der Waals surface area (Å²) in [6, 6.07) is 4.26. The molecule has 1 aliphatic rings. The summed E-state index contributed by atoms with van der Waals surface area (Å²) in [6.07, 6.45) is 6.28. The van der Waals surface area contributed by atoms with Crippen LogP contribution in [0, 0.1) is 0 Å². The van der Waals surface area contributed by atoms with Crippen molar-refractivity contribution in [2.75, 3.05) is 13.6 Å². The lowest BCUT2D eigenvalue weighted by molar-refractivity contribution is 0.392. The van der Waals surface area contributed by atoms with Gasteiger partial charge >= 0.3 is 0 Å². The molecule has 0 aromatic carbocycles. The van der Waals surface area contributed by atoms with Gasteiger partial charge in [0.2, 0.25) is 0 Å². The molecule has 0 aliphatic carbocycles. The highest BCUT2D eigenvalue weighted by molar-refractivity contribution is 5.77. The quantitative estimate of drug-likeness (QED) is 0.722. The first kappa shape index (κ1) is 10.7. The van der Waals surface area contributed by atoms with Gasteiger partial charge in [-0.3, -0.25) is 4.98 Å². The molecule has 1 aliphatic heterocycles. The molecule has 0 saturated heterocycles. The Bertz CT molecular complexity index is 412. The normalized spacial score (nSPS) is 16.2. The van der Waals surface area contributed by atoms with Crippen molar-refractivity contribution in [2.45, 2.75) is 13.3 Å². The summed E-state index contributed by atoms with van der Waals surface area (Å²) in [5, 5.41) is 0. The number of hydrogen-bond acceptors (Lipinski definition) is 4. The van der Waals surface area contributed by atoms with Crippen molar-refractivity contribution < 1.29 is 4.74 Å². The number of aliphatic imine (C=N–C) groups is 1. The number of hydrogen-bond donors (Lipinski definition) is 0. The minimum absolute atomic E-state index is 0.628. The second kappa shape index (κ2) is 4.79. The Labute approximate surface area is 95.3 Å². The third-order valence-corrected chi connectivity index (χ3v) is 2.42. The fourth-order valence-corrected chi connectivity index (χ4v) is 1.38. The molecular formula is C12H15N3O. The van der Waals surface area contributed by atoms with E-state index in [2.05, 4.69) is 16.9 Å². The van der Waals surface area contributed by atoms with E-state index in [1.165, 1.54) is 5.57 Å². The Morgan fingerprint density at radius 3 is 2.81 bits per heavy atom. The third-order valence-electron chi connectivity index (χ3n) is 2.42. The van der Waals surface area contributed by atoms with E-state index in [0.717, 1.165) is 18.7 Å². The van der Waals surface area contributed by atoms with Crippen LogP contribution in [0.5, 0.6) is 5.75 Å². The van der Waals surface area contributed by atoms with Crippen LogP contribution in [-0.4, -0.2) is 29.5 Å². The maximum Gasteiger partial charge on any atom is 0.297 e. The maximum atomic E-state index is 5.69. The fraction of sp³-hybridized carbons (Fsp3) is 0.333. The van der Waals surface area contributed by atoms with E-state index >= 15 is 0 Å². The molecule has 0 bridgehead atoms. The SMILES string of the molecule is CC1=CN=C(Oc2ccncc2)N(C)CC1. The number of amidine groups is 1. The lowest BCUT2D eigenvalue weighted by Gasteiger charge is -2.18. The van der Waals surface area contributed by atoms with Gasteiger partial charge < -0.3 is 9.64 Å². The maximum absolute atomic E-state index is 5.69. The molecule has 4 nitrogen and oxygen atoms in total. The Balaban J connectivity index is 2.14. The lowest BCUT2D eigenvalue weighted by atomic mass is 10.2. The van der Waals surface area contributed by atoms with Crippen molar-refractivity contribution in [3.8, 4) is 5.75 Å². The van der Waals surface area contributed by atoms with Gasteiger partial charge in [-0.15, -0.1) is 0 Å². The molecule has 0 amide bonds. The monoisotopic (exact) mass is 217 g/mol. The smallest absolute Gasteiger partial charge is 0.297 e. The summed E-state index contributed by atoms with van der Waals surface area (Å²) < 4.78 is 5.69. The van der Waals surface area contributed by atoms with E-state index in [1.54, 1.807) is 12.4 Å². The van der Waals surface area contributed by atoms with E-state index < -0.39 is 0 Å². The Kier molecular flexibility index (Phi) is 3.19. The first-order valence-electron chi connectivity index (χ1n) is 5.28. The summed E-state index contributed by atoms with van der Waals surface area (Å²) in [4.78, 5) is 10.3. The van der Waals surface area contributed by atoms with Crippen molar-refractivity contribution >= 4 is 6.02 Å². The van der Waals surface area contributed by atoms with Crippen LogP contribution in [0.15, 0.2) is 41.3 Å². The highest BCUT2D eigenvalue weighted by Gasteiger charge is 2.11. The van der Waals surface area contributed by atoms with Crippen LogP contribution in [0.25, 0.3) is 0 Å². The molecule has 2 rings (SSSR count). The molecule has 0 atom stereocenters. The van der Waals surface area contributed by atoms with Crippen LogP contribution in [0.1, 0.15) is 13.3 Å². The van der Waals surface area contributed by atoms with Gasteiger partial charge in [0, 0.05) is 32.2 Å². The highest BCUT2D eigenvalue weighted by Crippen LogP contribution is 2.12. The first-order valence-corrected chi connectivity index (χ1v) is 5.28. The van der Waals surface area contributed by atoms with Crippen LogP contribution in [0.3, 0.4) is 0 Å². The van der Waals surface area contributed by atoms with Crippen molar-refractivity contribution in [1.82, 2.24) is 9.88 Å². The molecule has 0 unspecified atom stereocenters. The average molecular weight is 217 g/mol. The molecule has 1 aromatic rings. The van der Waals surface area contributed by atoms with Gasteiger partial charge in [0.05, 0.1) is 0 Å². The van der Waals surface area contributed by atoms with Crippen molar-refractivity contribution in [2.24, 2.45) is 4.99 Å². The second-order valence-corrected chi connectivity index (χ2v) is 3.84. The molecule has 16 heavy (non-hydrogen) atoms. The van der Waals surface area contributed by atoms with Gasteiger partial charge in [-0.05, 0) is 25.5 Å². The molecule has 0 radical (unpaired) electrons. The van der Waals surface area contributed by atoms with Gasteiger partial charge in [-0.2, -0.15) is 0 Å². The zero-order valence-electron chi connectivity index (χ0n) is 9.55. The zero-order chi connectivity index (χ0) is 11.4. The van der Waals surface area contributed by atoms with E-state index in [-0.39, 0.29) is 0 Å². The molecule has 1 aromatic heterocycles. The largest absolute Gasteiger partial charge is 0.426 e. The molecule has 84 valence electrons. The molecule has 2 heterocycles. The Morgan fingerprint density at radius 1 is 1.31 bits per heavy atom. The standard InChI is InChI=1S/C12H15N3O/c1-10-5-8-15(2)12(14-9-10)16-11-3-6-13-7-4-11/h3-4,6-7,9H,5,8H2,1-2H3. The van der Waals surface area contributed by atoms with Gasteiger partial charge in [0.25, 0.3) is 6.02 Å². The predicted octanol–water partition coefficient (Wildman–Crippen LogP) is 2.06. The molecule has 0 fully saturated rings. The Hall–Kier alpha value is -1.84. The molecule has 0 spiro atoms. The van der Waals surface area contributed by atoms with Crippen LogP contribution in [0.2, 0.25) is 0 Å². The van der Waals surface area contributed by atoms with Gasteiger partial charge in [-0.1, -0.05) is 5.57 Å². The van der Waals surface area contributed by atoms with Gasteiger partial charge in [-0.25, -0.2) is 4.99 Å². The second-order valence-electron chi connectivity index (χ2n) is 3.84. The van der Waals surface area contributed by atoms with E-state index in [9.17, 15) is 0 Å². The lowest BCUT2D eigenvalue weighted by Crippen LogP contribution is -2.31. The molecular weight excluding hydrogens is 202 g/mol. The number of pyridine rings is 1. The van der Waals surface area contributed by atoms with Gasteiger partial charge in [0.15, 0.2) is 0 Å². The summed E-state index contributed by atoms with van der Waals surface area (Å²) in [5.74, 6) is 0.758. The predicted molar refractivity (Wildman–Crippen MR) is 63.3 cm³/mol. The summed E-state index contributed by atoms with van der Waals surface area (Å²) in [5.41, 5.74) is 1.26. The van der Waals surface area contributed by atoms with Crippen LogP contribution in [-0.2, 0) is 0 Å². The fourth-order valence-electron chi connectivity index (χ4n) is 1.38. The van der Waals surface area contributed by atoms with E-state index in [1.807, 2.05) is 30.3 Å². The molecule has 4 heteroatoms. The van der Waals surface area contributed by atoms with Crippen LogP contribution in [0.4, 0.5) is 0 Å². The topological polar surface area (TPSA) is 37.7 Å². The van der Waals surface area contributed by atoms with Crippen LogP contribution < -0.4 is 4.74 Å². The number of ether oxygens (including phenoxy) is 1. The minimum atomic E-state index is 0.628. The molecule has 0 N–H and O–H groups in total. The third kappa shape index (κ3) is 2.59. The van der Waals surface area contributed by atoms with Crippen molar-refractivity contribution in [3.05, 3.63) is 36.3 Å². The van der Waals surface area contributed by atoms with E-state index in [4.69, 9.17) is 4.74 Å². The summed E-state index contributed by atoms with van der Waals surface area (Å²) in [6.45, 7) is 3.00. The van der Waals surface area contributed by atoms with Crippen molar-refractivity contribution in [3.63, 3.8) is 0 Å². The van der Waals surface area contributed by atoms with Crippen LogP contribution >= 0.6 is 0 Å². The van der Waals surface area contributed by atoms with E-state index in [0.29, 0.717) is 6.02 Å². The number of rotatable bonds is 1. The van der Waals surface area contributed by atoms with Gasteiger partial charge in [0.1, 0.15) is 5.75 Å². The molecule has 0 saturated carbocycles.